The molecule has 0 saturated heterocycles. The molecule has 4 N–H and O–H groups in total. The zero-order valence-corrected chi connectivity index (χ0v) is 21.5. The van der Waals surface area contributed by atoms with Crippen molar-refractivity contribution in [3.05, 3.63) is 62.0 Å². The van der Waals surface area contributed by atoms with Crippen molar-refractivity contribution in [2.45, 2.75) is 37.8 Å². The lowest BCUT2D eigenvalue weighted by molar-refractivity contribution is 0.0883. The first-order valence-corrected chi connectivity index (χ1v) is 14.4. The Bertz CT molecular complexity index is 1390. The summed E-state index contributed by atoms with van der Waals surface area (Å²) in [5.74, 6) is -0.378. The summed E-state index contributed by atoms with van der Waals surface area (Å²) < 4.78 is 29.3. The number of ether oxygens (including phenoxy) is 1. The fourth-order valence-corrected chi connectivity index (χ4v) is 6.47. The molecule has 1 fully saturated rings. The molecule has 1 amide bonds. The Balaban J connectivity index is 1.35. The quantitative estimate of drug-likeness (QED) is 0.380. The van der Waals surface area contributed by atoms with E-state index in [1.807, 2.05) is 6.07 Å². The molecule has 3 aromatic rings. The van der Waals surface area contributed by atoms with Crippen molar-refractivity contribution in [2.24, 2.45) is 17.6 Å². The summed E-state index contributed by atoms with van der Waals surface area (Å²) in [4.78, 5) is 32.6. The fraction of sp³-hybridized carbons (Fsp3) is 0.435. The van der Waals surface area contributed by atoms with Crippen molar-refractivity contribution in [3.8, 4) is 0 Å². The fourth-order valence-electron chi connectivity index (χ4n) is 4.38. The van der Waals surface area contributed by atoms with Crippen molar-refractivity contribution in [2.75, 3.05) is 12.9 Å². The number of H-pyrrole nitrogens is 1. The summed E-state index contributed by atoms with van der Waals surface area (Å²) in [6.45, 7) is 0.936. The van der Waals surface area contributed by atoms with Crippen molar-refractivity contribution in [1.82, 2.24) is 15.3 Å². The zero-order valence-electron chi connectivity index (χ0n) is 19.1. The first-order valence-electron chi connectivity index (χ1n) is 11.2. The lowest BCUT2D eigenvalue weighted by Crippen LogP contribution is -2.36. The number of aromatic nitrogens is 2. The van der Waals surface area contributed by atoms with Gasteiger partial charge in [0.1, 0.15) is 10.2 Å². The third-order valence-corrected chi connectivity index (χ3v) is 8.76. The summed E-state index contributed by atoms with van der Waals surface area (Å²) in [5.41, 5.74) is 7.02. The number of halogens is 1. The molecule has 1 aliphatic rings. The van der Waals surface area contributed by atoms with Gasteiger partial charge in [-0.2, -0.15) is 0 Å². The summed E-state index contributed by atoms with van der Waals surface area (Å²) >= 11 is 7.24. The van der Waals surface area contributed by atoms with Gasteiger partial charge in [0, 0.05) is 30.0 Å². The van der Waals surface area contributed by atoms with Gasteiger partial charge in [-0.25, -0.2) is 13.4 Å². The second-order valence-corrected chi connectivity index (χ2v) is 12.4. The number of hydrogen-bond donors (Lipinski definition) is 3. The molecule has 2 heterocycles. The summed E-state index contributed by atoms with van der Waals surface area (Å²) in [5, 5.41) is 4.68. The maximum Gasteiger partial charge on any atom is 0.287 e. The molecule has 3 unspecified atom stereocenters. The van der Waals surface area contributed by atoms with Crippen molar-refractivity contribution >= 4 is 48.9 Å². The van der Waals surface area contributed by atoms with Crippen molar-refractivity contribution in [3.63, 3.8) is 0 Å². The molecule has 188 valence electrons. The van der Waals surface area contributed by atoms with Gasteiger partial charge in [0.05, 0.1) is 12.0 Å². The molecule has 0 spiro atoms. The predicted molar refractivity (Wildman–Crippen MR) is 136 cm³/mol. The average molecular weight is 539 g/mol. The van der Waals surface area contributed by atoms with Crippen LogP contribution < -0.4 is 16.6 Å². The molecule has 1 aromatic carbocycles. The minimum absolute atomic E-state index is 0.0574. The normalized spacial score (nSPS) is 19.2. The van der Waals surface area contributed by atoms with Gasteiger partial charge in [-0.15, -0.1) is 11.3 Å². The van der Waals surface area contributed by atoms with Crippen LogP contribution >= 0.6 is 22.9 Å². The number of sulfone groups is 1. The van der Waals surface area contributed by atoms with E-state index in [4.69, 9.17) is 22.1 Å². The third kappa shape index (κ3) is 6.28. The highest BCUT2D eigenvalue weighted by atomic mass is 35.5. The number of nitrogens with zero attached hydrogens (tertiary/aromatic N) is 1. The minimum atomic E-state index is -3.26. The zero-order chi connectivity index (χ0) is 25.2. The highest BCUT2D eigenvalue weighted by Crippen LogP contribution is 2.34. The van der Waals surface area contributed by atoms with Crippen LogP contribution in [0.15, 0.2) is 34.4 Å². The van der Waals surface area contributed by atoms with E-state index < -0.39 is 26.7 Å². The van der Waals surface area contributed by atoms with E-state index in [1.54, 1.807) is 23.6 Å². The van der Waals surface area contributed by atoms with Crippen LogP contribution in [0.5, 0.6) is 0 Å². The van der Waals surface area contributed by atoms with E-state index in [2.05, 4.69) is 15.3 Å². The molecule has 1 saturated carbocycles. The van der Waals surface area contributed by atoms with Crippen molar-refractivity contribution in [1.29, 1.82) is 0 Å². The standard InChI is InChI=1S/C23H27ClN4O5S2/c1-35(31,32)19(25)15-6-5-14(7-15)10-33-11-16-12-34-23-18(16)21(29)27-20(28-23)22(30)26-9-13-3-2-4-17(24)8-13/h2-4,8,12,14-15,19H,5-7,9-11,25H2,1H3,(H,26,30)(H,27,28,29). The van der Waals surface area contributed by atoms with Crippen LogP contribution in [0.3, 0.4) is 0 Å². The number of rotatable bonds is 9. The van der Waals surface area contributed by atoms with Gasteiger partial charge in [-0.05, 0) is 54.2 Å². The summed E-state index contributed by atoms with van der Waals surface area (Å²) in [7, 11) is -3.26. The maximum atomic E-state index is 12.7. The van der Waals surface area contributed by atoms with Crippen molar-refractivity contribution < 1.29 is 17.9 Å². The Morgan fingerprint density at radius 3 is 2.94 bits per heavy atom. The largest absolute Gasteiger partial charge is 0.376 e. The number of carbonyl (C=O) groups is 1. The lowest BCUT2D eigenvalue weighted by atomic mass is 10.1. The molecule has 1 aliphatic carbocycles. The van der Waals surface area contributed by atoms with E-state index in [1.165, 1.54) is 17.6 Å². The van der Waals surface area contributed by atoms with E-state index in [0.717, 1.165) is 18.4 Å². The van der Waals surface area contributed by atoms with Gasteiger partial charge >= 0.3 is 0 Å². The summed E-state index contributed by atoms with van der Waals surface area (Å²) in [6, 6.07) is 7.12. The van der Waals surface area contributed by atoms with Crippen LogP contribution in [-0.4, -0.2) is 42.5 Å². The lowest BCUT2D eigenvalue weighted by Gasteiger charge is -2.17. The van der Waals surface area contributed by atoms with Crippen LogP contribution in [0, 0.1) is 11.8 Å². The average Bonchev–Trinajstić information content (AvgIpc) is 3.44. The van der Waals surface area contributed by atoms with Crippen LogP contribution in [0.2, 0.25) is 5.02 Å². The second-order valence-electron chi connectivity index (χ2n) is 8.92. The van der Waals surface area contributed by atoms with E-state index in [0.29, 0.717) is 33.8 Å². The molecule has 0 aliphatic heterocycles. The molecular weight excluding hydrogens is 512 g/mol. The van der Waals surface area contributed by atoms with E-state index >= 15 is 0 Å². The SMILES string of the molecule is CS(=O)(=O)C(N)C1CCC(COCc2csc3nc(C(=O)NCc4cccc(Cl)c4)[nH]c(=O)c23)C1. The van der Waals surface area contributed by atoms with Crippen LogP contribution in [-0.2, 0) is 27.7 Å². The Morgan fingerprint density at radius 2 is 2.20 bits per heavy atom. The van der Waals surface area contributed by atoms with Gasteiger partial charge in [-0.3, -0.25) is 9.59 Å². The molecule has 0 radical (unpaired) electrons. The molecule has 9 nitrogen and oxygen atoms in total. The minimum Gasteiger partial charge on any atom is -0.376 e. The number of benzene rings is 1. The predicted octanol–water partition coefficient (Wildman–Crippen LogP) is 2.83. The molecule has 4 rings (SSSR count). The highest BCUT2D eigenvalue weighted by molar-refractivity contribution is 7.91. The molecule has 3 atom stereocenters. The molecule has 2 aromatic heterocycles. The Kier molecular flexibility index (Phi) is 7.92. The number of aromatic amines is 1. The van der Waals surface area contributed by atoms with Crippen LogP contribution in [0.4, 0.5) is 0 Å². The first kappa shape index (κ1) is 25.8. The van der Waals surface area contributed by atoms with Gasteiger partial charge in [-0.1, -0.05) is 23.7 Å². The molecule has 0 bridgehead atoms. The molecule has 35 heavy (non-hydrogen) atoms. The number of hydrogen-bond acceptors (Lipinski definition) is 8. The van der Waals surface area contributed by atoms with E-state index in [-0.39, 0.29) is 30.8 Å². The van der Waals surface area contributed by atoms with Gasteiger partial charge < -0.3 is 20.8 Å². The third-order valence-electron chi connectivity index (χ3n) is 6.23. The Morgan fingerprint density at radius 1 is 1.40 bits per heavy atom. The van der Waals surface area contributed by atoms with Crippen LogP contribution in [0.25, 0.3) is 10.2 Å². The van der Waals surface area contributed by atoms with Crippen LogP contribution in [0.1, 0.15) is 41.0 Å². The maximum absolute atomic E-state index is 12.7. The number of nitrogens with two attached hydrogens (primary N) is 1. The Labute approximate surface area is 212 Å². The van der Waals surface area contributed by atoms with Gasteiger partial charge in [0.15, 0.2) is 9.84 Å². The highest BCUT2D eigenvalue weighted by Gasteiger charge is 2.33. The van der Waals surface area contributed by atoms with E-state index in [9.17, 15) is 18.0 Å². The van der Waals surface area contributed by atoms with Gasteiger partial charge in [0.25, 0.3) is 11.5 Å². The van der Waals surface area contributed by atoms with Gasteiger partial charge in [0.2, 0.25) is 5.82 Å². The number of carbonyl (C=O) groups excluding carboxylic acids is 1. The number of fused-ring (bicyclic) bond motifs is 1. The number of amides is 1. The molecular formula is C23H27ClN4O5S2. The topological polar surface area (TPSA) is 144 Å². The summed E-state index contributed by atoms with van der Waals surface area (Å²) in [6.07, 6.45) is 3.49. The second kappa shape index (κ2) is 10.8. The number of thiophene rings is 1. The smallest absolute Gasteiger partial charge is 0.287 e. The Hall–Kier alpha value is -2.31. The number of nitrogens with one attached hydrogen (secondary N) is 2. The first-order chi connectivity index (χ1) is 16.6. The monoisotopic (exact) mass is 538 g/mol. The molecule has 12 heteroatoms.